The minimum absolute atomic E-state index is 0.272. The van der Waals surface area contributed by atoms with Gasteiger partial charge in [-0.15, -0.1) is 0 Å². The molecule has 1 aliphatic carbocycles. The Morgan fingerprint density at radius 1 is 1.43 bits per heavy atom. The first-order chi connectivity index (χ1) is 6.43. The van der Waals surface area contributed by atoms with Crippen molar-refractivity contribution in [2.75, 3.05) is 0 Å². The fraction of sp³-hybridized carbons (Fsp3) is 0.273. The summed E-state index contributed by atoms with van der Waals surface area (Å²) < 4.78 is 26.2. The average Bonchev–Trinajstić information content (AvgIpc) is 2.28. The van der Waals surface area contributed by atoms with E-state index in [1.54, 1.807) is 0 Å². The molecule has 1 N–H and O–H groups in total. The summed E-state index contributed by atoms with van der Waals surface area (Å²) in [5, 5.41) is 9.93. The molecule has 1 atom stereocenters. The van der Waals surface area contributed by atoms with E-state index in [-0.39, 0.29) is 6.42 Å². The largest absolute Gasteiger partial charge is 0.381 e. The Kier molecular flexibility index (Phi) is 1.76. The lowest BCUT2D eigenvalue weighted by molar-refractivity contribution is 0.103. The number of hydrogen-bond donors (Lipinski definition) is 1. The first-order valence-corrected chi connectivity index (χ1v) is 4.32. The third kappa shape index (κ3) is 1.09. The zero-order valence-corrected chi connectivity index (χ0v) is 7.77. The van der Waals surface area contributed by atoms with Gasteiger partial charge >= 0.3 is 0 Å². The Balaban J connectivity index is 2.71. The van der Waals surface area contributed by atoms with Crippen molar-refractivity contribution in [3.63, 3.8) is 0 Å². The molecule has 0 aliphatic heterocycles. The maximum Gasteiger partial charge on any atom is 0.130 e. The highest BCUT2D eigenvalue weighted by atomic mass is 19.1. The van der Waals surface area contributed by atoms with Crippen molar-refractivity contribution < 1.29 is 13.9 Å². The Morgan fingerprint density at radius 2 is 2.07 bits per heavy atom. The molecular formula is C11H10F2O. The van der Waals surface area contributed by atoms with Crippen molar-refractivity contribution in [2.24, 2.45) is 0 Å². The predicted octanol–water partition coefficient (Wildman–Crippen LogP) is 2.28. The van der Waals surface area contributed by atoms with Crippen LogP contribution in [0.5, 0.6) is 0 Å². The van der Waals surface area contributed by atoms with Gasteiger partial charge in [-0.2, -0.15) is 0 Å². The molecule has 0 radical (unpaired) electrons. The minimum Gasteiger partial charge on any atom is -0.381 e. The van der Waals surface area contributed by atoms with E-state index in [1.807, 2.05) is 0 Å². The average molecular weight is 196 g/mol. The third-order valence-corrected chi connectivity index (χ3v) is 2.76. The highest BCUT2D eigenvalue weighted by Gasteiger charge is 2.37. The molecule has 3 heteroatoms. The SMILES string of the molecule is C=C1Cc2c(F)cc(F)cc2C1(C)O. The van der Waals surface area contributed by atoms with Crippen LogP contribution >= 0.6 is 0 Å². The van der Waals surface area contributed by atoms with Crippen molar-refractivity contribution >= 4 is 0 Å². The summed E-state index contributed by atoms with van der Waals surface area (Å²) in [6.07, 6.45) is 0.272. The lowest BCUT2D eigenvalue weighted by Crippen LogP contribution is -2.19. The summed E-state index contributed by atoms with van der Waals surface area (Å²) in [4.78, 5) is 0. The van der Waals surface area contributed by atoms with Gasteiger partial charge in [-0.3, -0.25) is 0 Å². The molecule has 1 unspecified atom stereocenters. The molecule has 1 nitrogen and oxygen atoms in total. The molecule has 0 aromatic heterocycles. The van der Waals surface area contributed by atoms with Crippen LogP contribution in [0, 0.1) is 11.6 Å². The molecule has 1 aromatic carbocycles. The van der Waals surface area contributed by atoms with Crippen LogP contribution in [0.1, 0.15) is 18.1 Å². The lowest BCUT2D eigenvalue weighted by Gasteiger charge is -2.19. The van der Waals surface area contributed by atoms with Gasteiger partial charge < -0.3 is 5.11 Å². The van der Waals surface area contributed by atoms with Gasteiger partial charge in [0.2, 0.25) is 0 Å². The van der Waals surface area contributed by atoms with E-state index in [4.69, 9.17) is 0 Å². The Bertz CT molecular complexity index is 422. The molecule has 0 saturated carbocycles. The van der Waals surface area contributed by atoms with Crippen LogP contribution in [0.4, 0.5) is 8.78 Å². The van der Waals surface area contributed by atoms with Gasteiger partial charge in [0.1, 0.15) is 17.2 Å². The first-order valence-electron chi connectivity index (χ1n) is 4.32. The fourth-order valence-corrected chi connectivity index (χ4v) is 1.79. The highest BCUT2D eigenvalue weighted by Crippen LogP contribution is 2.41. The highest BCUT2D eigenvalue weighted by molar-refractivity contribution is 5.47. The number of halogens is 2. The summed E-state index contributed by atoms with van der Waals surface area (Å²) in [5.41, 5.74) is -0.170. The van der Waals surface area contributed by atoms with Crippen LogP contribution in [0.2, 0.25) is 0 Å². The Hall–Kier alpha value is -1.22. The van der Waals surface area contributed by atoms with Gasteiger partial charge in [-0.25, -0.2) is 8.78 Å². The zero-order valence-electron chi connectivity index (χ0n) is 7.77. The van der Waals surface area contributed by atoms with E-state index >= 15 is 0 Å². The van der Waals surface area contributed by atoms with E-state index in [1.165, 1.54) is 6.92 Å². The summed E-state index contributed by atoms with van der Waals surface area (Å²) in [5.74, 6) is -1.28. The number of hydrogen-bond acceptors (Lipinski definition) is 1. The van der Waals surface area contributed by atoms with Gasteiger partial charge in [0, 0.05) is 6.07 Å². The molecule has 0 bridgehead atoms. The standard InChI is InChI=1S/C11H10F2O/c1-6-3-8-9(11(6,2)14)4-7(12)5-10(8)13/h4-5,14H,1,3H2,2H3. The topological polar surface area (TPSA) is 20.2 Å². The van der Waals surface area contributed by atoms with Crippen LogP contribution in [0.3, 0.4) is 0 Å². The third-order valence-electron chi connectivity index (χ3n) is 2.76. The molecule has 14 heavy (non-hydrogen) atoms. The second-order valence-corrected chi connectivity index (χ2v) is 3.77. The van der Waals surface area contributed by atoms with Crippen molar-refractivity contribution in [1.29, 1.82) is 0 Å². The quantitative estimate of drug-likeness (QED) is 0.631. The smallest absolute Gasteiger partial charge is 0.130 e. The van der Waals surface area contributed by atoms with Crippen LogP contribution in [0.25, 0.3) is 0 Å². The van der Waals surface area contributed by atoms with Crippen LogP contribution < -0.4 is 0 Å². The zero-order chi connectivity index (χ0) is 10.5. The number of aliphatic hydroxyl groups is 1. The van der Waals surface area contributed by atoms with Gasteiger partial charge in [0.15, 0.2) is 0 Å². The van der Waals surface area contributed by atoms with Crippen molar-refractivity contribution in [3.05, 3.63) is 47.0 Å². The second-order valence-electron chi connectivity index (χ2n) is 3.77. The number of benzene rings is 1. The van der Waals surface area contributed by atoms with Crippen molar-refractivity contribution in [1.82, 2.24) is 0 Å². The molecule has 0 spiro atoms. The summed E-state index contributed by atoms with van der Waals surface area (Å²) in [7, 11) is 0. The minimum atomic E-state index is -1.31. The van der Waals surface area contributed by atoms with Crippen molar-refractivity contribution in [2.45, 2.75) is 18.9 Å². The molecular weight excluding hydrogens is 186 g/mol. The normalized spacial score (nSPS) is 25.3. The van der Waals surface area contributed by atoms with E-state index < -0.39 is 17.2 Å². The second kappa shape index (κ2) is 2.64. The summed E-state index contributed by atoms with van der Waals surface area (Å²) >= 11 is 0. The number of fused-ring (bicyclic) bond motifs is 1. The van der Waals surface area contributed by atoms with E-state index in [2.05, 4.69) is 6.58 Å². The van der Waals surface area contributed by atoms with Crippen molar-refractivity contribution in [3.8, 4) is 0 Å². The molecule has 1 aromatic rings. The van der Waals surface area contributed by atoms with Crippen LogP contribution in [-0.4, -0.2) is 5.11 Å². The van der Waals surface area contributed by atoms with E-state index in [0.29, 0.717) is 16.7 Å². The predicted molar refractivity (Wildman–Crippen MR) is 48.8 cm³/mol. The first kappa shape index (κ1) is 9.34. The monoisotopic (exact) mass is 196 g/mol. The molecule has 2 rings (SSSR count). The van der Waals surface area contributed by atoms with Crippen LogP contribution in [-0.2, 0) is 12.0 Å². The van der Waals surface area contributed by atoms with Gasteiger partial charge in [0.05, 0.1) is 0 Å². The Labute approximate surface area is 80.7 Å². The van der Waals surface area contributed by atoms with Gasteiger partial charge in [-0.1, -0.05) is 6.58 Å². The molecule has 1 aliphatic rings. The molecule has 0 fully saturated rings. The maximum absolute atomic E-state index is 13.3. The molecule has 0 heterocycles. The van der Waals surface area contributed by atoms with Gasteiger partial charge in [-0.05, 0) is 36.1 Å². The fourth-order valence-electron chi connectivity index (χ4n) is 1.79. The van der Waals surface area contributed by atoms with E-state index in [0.717, 1.165) is 12.1 Å². The van der Waals surface area contributed by atoms with Crippen LogP contribution in [0.15, 0.2) is 24.3 Å². The summed E-state index contributed by atoms with van der Waals surface area (Å²) in [6, 6.07) is 1.99. The lowest BCUT2D eigenvalue weighted by atomic mass is 9.95. The molecule has 0 amide bonds. The summed E-state index contributed by atoms with van der Waals surface area (Å²) in [6.45, 7) is 5.15. The maximum atomic E-state index is 13.3. The molecule has 74 valence electrons. The Morgan fingerprint density at radius 3 is 2.71 bits per heavy atom. The number of rotatable bonds is 0. The van der Waals surface area contributed by atoms with E-state index in [9.17, 15) is 13.9 Å². The molecule has 0 saturated heterocycles. The van der Waals surface area contributed by atoms with Gasteiger partial charge in [0.25, 0.3) is 0 Å².